The van der Waals surface area contributed by atoms with E-state index in [1.54, 1.807) is 33.8 Å². The molecule has 3 aliphatic heterocycles. The number of piperidine rings is 1. The molecule has 0 bridgehead atoms. The average Bonchev–Trinajstić information content (AvgIpc) is 2.75. The number of nitrogens with one attached hydrogen (secondary N) is 1. The first-order valence-corrected chi connectivity index (χ1v) is 11.3. The van der Waals surface area contributed by atoms with Gasteiger partial charge in [0.25, 0.3) is 5.69 Å². The smallest absolute Gasteiger partial charge is 0.331 e. The molecule has 4 amide bonds. The van der Waals surface area contributed by atoms with E-state index in [1.807, 2.05) is 4.90 Å². The molecule has 0 radical (unpaired) electrons. The van der Waals surface area contributed by atoms with E-state index in [0.717, 1.165) is 4.90 Å². The second-order valence-electron chi connectivity index (χ2n) is 9.97. The minimum atomic E-state index is -1.73. The number of benzene rings is 1. The van der Waals surface area contributed by atoms with Crippen molar-refractivity contribution < 1.29 is 28.8 Å². The number of nitro benzene ring substituents is 1. The number of nitrogens with zero attached hydrogens (tertiary/aromatic N) is 3. The number of non-ortho nitro benzene ring substituents is 1. The summed E-state index contributed by atoms with van der Waals surface area (Å²) in [4.78, 5) is 66.6. The molecule has 3 atom stereocenters. The zero-order chi connectivity index (χ0) is 25.0. The van der Waals surface area contributed by atoms with E-state index in [1.165, 1.54) is 12.1 Å². The van der Waals surface area contributed by atoms with Crippen LogP contribution in [0.3, 0.4) is 0 Å². The van der Waals surface area contributed by atoms with Gasteiger partial charge in [0, 0.05) is 36.3 Å². The van der Waals surface area contributed by atoms with Crippen LogP contribution < -0.4 is 10.2 Å². The van der Waals surface area contributed by atoms with Gasteiger partial charge in [-0.2, -0.15) is 0 Å². The maximum absolute atomic E-state index is 14.0. The first-order chi connectivity index (χ1) is 15.9. The highest BCUT2D eigenvalue weighted by Crippen LogP contribution is 2.50. The highest BCUT2D eigenvalue weighted by Gasteiger charge is 2.64. The fourth-order valence-electron chi connectivity index (χ4n) is 5.43. The van der Waals surface area contributed by atoms with Crippen LogP contribution in [0.4, 0.5) is 16.2 Å². The normalized spacial score (nSPS) is 26.6. The van der Waals surface area contributed by atoms with Crippen LogP contribution in [0.2, 0.25) is 0 Å². The van der Waals surface area contributed by atoms with Crippen molar-refractivity contribution in [3.8, 4) is 0 Å². The van der Waals surface area contributed by atoms with Gasteiger partial charge in [0.05, 0.1) is 23.5 Å². The first-order valence-electron chi connectivity index (χ1n) is 11.3. The third-order valence-corrected chi connectivity index (χ3v) is 6.93. The van der Waals surface area contributed by atoms with Gasteiger partial charge in [-0.1, -0.05) is 0 Å². The van der Waals surface area contributed by atoms with Crippen LogP contribution in [-0.2, 0) is 25.5 Å². The molecule has 182 valence electrons. The number of hydrogen-bond acceptors (Lipinski definition) is 8. The molecule has 3 aliphatic rings. The quantitative estimate of drug-likeness (QED) is 0.306. The van der Waals surface area contributed by atoms with Gasteiger partial charge in [-0.25, -0.2) is 4.79 Å². The number of esters is 1. The van der Waals surface area contributed by atoms with Crippen LogP contribution in [0, 0.1) is 21.4 Å². The number of carbonyl (C=O) groups is 4. The SMILES string of the molecule is CCOC(=O)[C@@H]1CCN2c3ccc([N+](=O)[O-])cc3C[C@@]3(C(=O)NC(=O)N(C(C)(C)C)C3=O)[C@H]2C1. The molecule has 4 rings (SSSR count). The number of urea groups is 1. The minimum absolute atomic E-state index is 0.120. The number of ether oxygens (including phenoxy) is 1. The van der Waals surface area contributed by atoms with E-state index < -0.39 is 45.7 Å². The summed E-state index contributed by atoms with van der Waals surface area (Å²) in [7, 11) is 0. The molecule has 11 heteroatoms. The lowest BCUT2D eigenvalue weighted by Gasteiger charge is -2.55. The topological polar surface area (TPSA) is 139 Å². The predicted octanol–water partition coefficient (Wildman–Crippen LogP) is 2.16. The maximum atomic E-state index is 14.0. The number of imide groups is 2. The van der Waals surface area contributed by atoms with E-state index in [-0.39, 0.29) is 31.1 Å². The summed E-state index contributed by atoms with van der Waals surface area (Å²) >= 11 is 0. The number of amides is 4. The van der Waals surface area contributed by atoms with Crippen molar-refractivity contribution in [2.45, 2.75) is 58.5 Å². The van der Waals surface area contributed by atoms with Crippen LogP contribution in [0.1, 0.15) is 46.1 Å². The van der Waals surface area contributed by atoms with Gasteiger partial charge >= 0.3 is 12.0 Å². The third-order valence-electron chi connectivity index (χ3n) is 6.93. The van der Waals surface area contributed by atoms with Gasteiger partial charge in [-0.05, 0) is 52.2 Å². The molecule has 2 saturated heterocycles. The van der Waals surface area contributed by atoms with E-state index in [0.29, 0.717) is 24.2 Å². The number of fused-ring (bicyclic) bond motifs is 4. The number of rotatable bonds is 3. The first kappa shape index (κ1) is 23.7. The molecule has 0 unspecified atom stereocenters. The van der Waals surface area contributed by atoms with Gasteiger partial charge in [0.2, 0.25) is 11.8 Å². The summed E-state index contributed by atoms with van der Waals surface area (Å²) in [5.74, 6) is -2.32. The molecular weight excluding hydrogens is 444 g/mol. The average molecular weight is 472 g/mol. The van der Waals surface area contributed by atoms with Crippen molar-refractivity contribution in [3.63, 3.8) is 0 Å². The van der Waals surface area contributed by atoms with Crippen LogP contribution >= 0.6 is 0 Å². The molecule has 3 heterocycles. The molecule has 2 fully saturated rings. The van der Waals surface area contributed by atoms with E-state index in [2.05, 4.69) is 5.32 Å². The van der Waals surface area contributed by atoms with Crippen molar-refractivity contribution in [1.29, 1.82) is 0 Å². The van der Waals surface area contributed by atoms with Crippen molar-refractivity contribution >= 4 is 35.2 Å². The summed E-state index contributed by atoms with van der Waals surface area (Å²) in [6.07, 6.45) is 0.505. The monoisotopic (exact) mass is 472 g/mol. The van der Waals surface area contributed by atoms with Gasteiger partial charge in [-0.15, -0.1) is 0 Å². The molecule has 1 aromatic carbocycles. The molecule has 11 nitrogen and oxygen atoms in total. The Labute approximate surface area is 196 Å². The van der Waals surface area contributed by atoms with Crippen molar-refractivity contribution in [1.82, 2.24) is 10.2 Å². The highest BCUT2D eigenvalue weighted by atomic mass is 16.6. The van der Waals surface area contributed by atoms with Crippen LogP contribution in [0.25, 0.3) is 0 Å². The third kappa shape index (κ3) is 3.50. The second kappa shape index (κ2) is 8.07. The van der Waals surface area contributed by atoms with Crippen LogP contribution in [-0.4, -0.2) is 58.4 Å². The van der Waals surface area contributed by atoms with Gasteiger partial charge in [0.15, 0.2) is 5.41 Å². The molecule has 1 aromatic rings. The molecule has 1 N–H and O–H groups in total. The van der Waals surface area contributed by atoms with Crippen molar-refractivity contribution in [3.05, 3.63) is 33.9 Å². The molecule has 1 spiro atoms. The van der Waals surface area contributed by atoms with E-state index >= 15 is 0 Å². The van der Waals surface area contributed by atoms with Crippen molar-refractivity contribution in [2.24, 2.45) is 11.3 Å². The highest BCUT2D eigenvalue weighted by molar-refractivity contribution is 6.20. The Morgan fingerprint density at radius 1 is 1.29 bits per heavy atom. The minimum Gasteiger partial charge on any atom is -0.466 e. The number of hydrogen-bond donors (Lipinski definition) is 1. The Kier molecular flexibility index (Phi) is 5.61. The molecule has 0 saturated carbocycles. The Morgan fingerprint density at radius 3 is 2.62 bits per heavy atom. The Bertz CT molecular complexity index is 1100. The molecule has 34 heavy (non-hydrogen) atoms. The summed E-state index contributed by atoms with van der Waals surface area (Å²) < 4.78 is 5.21. The van der Waals surface area contributed by atoms with E-state index in [4.69, 9.17) is 4.74 Å². The zero-order valence-corrected chi connectivity index (χ0v) is 19.6. The van der Waals surface area contributed by atoms with Gasteiger partial charge in [0.1, 0.15) is 0 Å². The fourth-order valence-corrected chi connectivity index (χ4v) is 5.43. The molecular formula is C23H28N4O7. The number of carbonyl (C=O) groups excluding carboxylic acids is 4. The van der Waals surface area contributed by atoms with E-state index in [9.17, 15) is 29.3 Å². The fraction of sp³-hybridized carbons (Fsp3) is 0.565. The molecule has 0 aromatic heterocycles. The van der Waals surface area contributed by atoms with Crippen LogP contribution in [0.5, 0.6) is 0 Å². The van der Waals surface area contributed by atoms with Gasteiger partial charge < -0.3 is 9.64 Å². The Morgan fingerprint density at radius 2 is 2.00 bits per heavy atom. The Hall–Kier alpha value is -3.50. The summed E-state index contributed by atoms with van der Waals surface area (Å²) in [6, 6.07) is 2.86. The standard InChI is InChI=1S/C23H28N4O7/c1-5-34-18(28)13-8-9-25-16-7-6-15(27(32)33)10-14(16)12-23(17(25)11-13)19(29)24-21(31)26(20(23)30)22(2,3)4/h6-7,10,13,17H,5,8-9,11-12H2,1-4H3,(H,24,29,31)/t13-,17-,23+/m1/s1. The zero-order valence-electron chi connectivity index (χ0n) is 19.6. The lowest BCUT2D eigenvalue weighted by Crippen LogP contribution is -2.75. The van der Waals surface area contributed by atoms with Crippen LogP contribution in [0.15, 0.2) is 18.2 Å². The number of anilines is 1. The number of nitro groups is 1. The lowest BCUT2D eigenvalue weighted by atomic mass is 9.64. The summed E-state index contributed by atoms with van der Waals surface area (Å²) in [5, 5.41) is 13.8. The second-order valence-corrected chi connectivity index (χ2v) is 9.97. The van der Waals surface area contributed by atoms with Gasteiger partial charge in [-0.3, -0.25) is 34.7 Å². The number of barbiturate groups is 1. The lowest BCUT2D eigenvalue weighted by molar-refractivity contribution is -0.384. The largest absolute Gasteiger partial charge is 0.466 e. The maximum Gasteiger partial charge on any atom is 0.331 e. The summed E-state index contributed by atoms with van der Waals surface area (Å²) in [6.45, 7) is 7.35. The Balaban J connectivity index is 1.88. The predicted molar refractivity (Wildman–Crippen MR) is 120 cm³/mol. The van der Waals surface area contributed by atoms with Crippen molar-refractivity contribution in [2.75, 3.05) is 18.1 Å². The molecule has 0 aliphatic carbocycles. The summed E-state index contributed by atoms with van der Waals surface area (Å²) in [5.41, 5.74) is -1.64.